The molecule has 0 fully saturated rings. The Bertz CT molecular complexity index is 147. The van der Waals surface area contributed by atoms with Gasteiger partial charge in [0.2, 0.25) is 0 Å². The van der Waals surface area contributed by atoms with Gasteiger partial charge in [-0.05, 0) is 18.1 Å². The van der Waals surface area contributed by atoms with Gasteiger partial charge in [-0.2, -0.15) is 0 Å². The lowest BCUT2D eigenvalue weighted by atomic mass is 10.2. The lowest BCUT2D eigenvalue weighted by molar-refractivity contribution is 1.10. The first kappa shape index (κ1) is 18.8. The minimum absolute atomic E-state index is 1.08. The van der Waals surface area contributed by atoms with Gasteiger partial charge in [0, 0.05) is 12.4 Å². The van der Waals surface area contributed by atoms with Gasteiger partial charge in [0.25, 0.3) is 0 Å². The molecule has 1 aromatic rings. The molecule has 0 unspecified atom stereocenters. The van der Waals surface area contributed by atoms with Crippen molar-refractivity contribution in [1.82, 2.24) is 4.98 Å². The second-order valence-electron chi connectivity index (χ2n) is 1.71. The van der Waals surface area contributed by atoms with Gasteiger partial charge in [0.1, 0.15) is 0 Å². The van der Waals surface area contributed by atoms with Gasteiger partial charge in [-0.1, -0.05) is 54.5 Å². The van der Waals surface area contributed by atoms with E-state index in [-0.39, 0.29) is 0 Å². The molecule has 1 aromatic heterocycles. The smallest absolute Gasteiger partial charge is 0.0299 e. The summed E-state index contributed by atoms with van der Waals surface area (Å²) >= 11 is 0. The maximum Gasteiger partial charge on any atom is 0.0299 e. The zero-order chi connectivity index (χ0) is 11.8. The Morgan fingerprint density at radius 1 is 1.00 bits per heavy atom. The summed E-state index contributed by atoms with van der Waals surface area (Å²) in [5.41, 5.74) is 1.30. The number of pyridine rings is 1. The minimum atomic E-state index is 1.08. The van der Waals surface area contributed by atoms with E-state index in [1.165, 1.54) is 5.56 Å². The van der Waals surface area contributed by atoms with E-state index in [1.54, 1.807) is 6.20 Å². The molecule has 0 aliphatic heterocycles. The fourth-order valence-corrected chi connectivity index (χ4v) is 0.607. The summed E-state index contributed by atoms with van der Waals surface area (Å²) in [7, 11) is 0. The van der Waals surface area contributed by atoms with Crippen LogP contribution < -0.4 is 0 Å². The Hall–Kier alpha value is -0.850. The molecule has 0 radical (unpaired) electrons. The number of aromatic nitrogens is 1. The van der Waals surface area contributed by atoms with Crippen LogP contribution in [0.1, 0.15) is 54.0 Å². The predicted octanol–water partition coefficient (Wildman–Crippen LogP) is 4.72. The molecule has 0 saturated carbocycles. The molecule has 0 aliphatic rings. The molecule has 1 nitrogen and oxygen atoms in total. The largest absolute Gasteiger partial charge is 0.264 e. The highest BCUT2D eigenvalue weighted by atomic mass is 14.6. The van der Waals surface area contributed by atoms with Crippen LogP contribution in [0, 0.1) is 0 Å². The van der Waals surface area contributed by atoms with Crippen LogP contribution in [0.5, 0.6) is 0 Å². The summed E-state index contributed by atoms with van der Waals surface area (Å²) in [5.74, 6) is 0. The Morgan fingerprint density at radius 3 is 1.71 bits per heavy atom. The summed E-state index contributed by atoms with van der Waals surface area (Å²) in [6, 6.07) is 4.03. The molecule has 84 valence electrons. The molecule has 14 heavy (non-hydrogen) atoms. The molecular weight excluding hydrogens is 170 g/mol. The zero-order valence-electron chi connectivity index (χ0n) is 11.0. The summed E-state index contributed by atoms with van der Waals surface area (Å²) in [6.45, 7) is 14.1. The summed E-state index contributed by atoms with van der Waals surface area (Å²) in [5, 5.41) is 0. The quantitative estimate of drug-likeness (QED) is 0.634. The molecule has 0 aromatic carbocycles. The third-order valence-corrected chi connectivity index (χ3v) is 1.13. The Balaban J connectivity index is -0.000000174. The molecule has 1 heterocycles. The van der Waals surface area contributed by atoms with Crippen LogP contribution in [0.2, 0.25) is 0 Å². The van der Waals surface area contributed by atoms with Crippen molar-refractivity contribution in [2.75, 3.05) is 0 Å². The molecule has 0 bridgehead atoms. The second-order valence-corrected chi connectivity index (χ2v) is 1.71. The molecule has 0 atom stereocenters. The highest BCUT2D eigenvalue weighted by molar-refractivity contribution is 5.07. The minimum Gasteiger partial charge on any atom is -0.264 e. The highest BCUT2D eigenvalue weighted by Crippen LogP contribution is 1.93. The highest BCUT2D eigenvalue weighted by Gasteiger charge is 1.81. The summed E-state index contributed by atoms with van der Waals surface area (Å²) in [6.07, 6.45) is 4.76. The first-order valence-electron chi connectivity index (χ1n) is 5.82. The van der Waals surface area contributed by atoms with E-state index in [2.05, 4.69) is 18.0 Å². The predicted molar refractivity (Wildman–Crippen MR) is 67.7 cm³/mol. The van der Waals surface area contributed by atoms with Crippen molar-refractivity contribution in [1.29, 1.82) is 0 Å². The van der Waals surface area contributed by atoms with E-state index in [0.29, 0.717) is 0 Å². The van der Waals surface area contributed by atoms with Gasteiger partial charge >= 0.3 is 0 Å². The molecular formula is C13H27N. The van der Waals surface area contributed by atoms with Crippen molar-refractivity contribution >= 4 is 0 Å². The van der Waals surface area contributed by atoms with Gasteiger partial charge in [0.15, 0.2) is 0 Å². The molecule has 0 spiro atoms. The van der Waals surface area contributed by atoms with E-state index < -0.39 is 0 Å². The molecule has 0 N–H and O–H groups in total. The number of nitrogens with zero attached hydrogens (tertiary/aromatic N) is 1. The maximum atomic E-state index is 3.96. The van der Waals surface area contributed by atoms with Gasteiger partial charge in [-0.25, -0.2) is 0 Å². The number of hydrogen-bond donors (Lipinski definition) is 0. The number of rotatable bonds is 1. The Morgan fingerprint density at radius 2 is 1.50 bits per heavy atom. The lowest BCUT2D eigenvalue weighted by Crippen LogP contribution is -1.77. The van der Waals surface area contributed by atoms with Crippen LogP contribution in [0.3, 0.4) is 0 Å². The van der Waals surface area contributed by atoms with Crippen LogP contribution in [-0.2, 0) is 6.42 Å². The zero-order valence-corrected chi connectivity index (χ0v) is 11.0. The fourth-order valence-electron chi connectivity index (χ4n) is 0.607. The summed E-state index contributed by atoms with van der Waals surface area (Å²) < 4.78 is 0. The monoisotopic (exact) mass is 197 g/mol. The maximum absolute atomic E-state index is 3.96. The average molecular weight is 197 g/mol. The van der Waals surface area contributed by atoms with Crippen molar-refractivity contribution in [2.24, 2.45) is 0 Å². The van der Waals surface area contributed by atoms with Gasteiger partial charge in [-0.15, -0.1) is 0 Å². The first-order valence-corrected chi connectivity index (χ1v) is 5.82. The summed E-state index contributed by atoms with van der Waals surface area (Å²) in [4.78, 5) is 3.96. The molecule has 0 saturated heterocycles. The van der Waals surface area contributed by atoms with E-state index in [1.807, 2.05) is 53.8 Å². The van der Waals surface area contributed by atoms with Crippen molar-refractivity contribution in [3.63, 3.8) is 0 Å². The topological polar surface area (TPSA) is 12.9 Å². The third-order valence-electron chi connectivity index (χ3n) is 1.13. The standard InChI is InChI=1S/C7H9N.3C2H6/c1-2-7-4-3-5-8-6-7;3*1-2/h3-6H,2H2,1H3;3*1-2H3. The normalized spacial score (nSPS) is 6.50. The molecule has 0 aliphatic carbocycles. The van der Waals surface area contributed by atoms with E-state index >= 15 is 0 Å². The van der Waals surface area contributed by atoms with Crippen molar-refractivity contribution in [3.8, 4) is 0 Å². The fraction of sp³-hybridized carbons (Fsp3) is 0.615. The van der Waals surface area contributed by atoms with Crippen LogP contribution >= 0.6 is 0 Å². The van der Waals surface area contributed by atoms with E-state index in [9.17, 15) is 0 Å². The molecule has 1 rings (SSSR count). The van der Waals surface area contributed by atoms with Gasteiger partial charge < -0.3 is 0 Å². The second kappa shape index (κ2) is 22.7. The Labute approximate surface area is 90.6 Å². The van der Waals surface area contributed by atoms with Gasteiger partial charge in [-0.3, -0.25) is 4.98 Å². The van der Waals surface area contributed by atoms with E-state index in [4.69, 9.17) is 0 Å². The van der Waals surface area contributed by atoms with Crippen LogP contribution in [-0.4, -0.2) is 4.98 Å². The van der Waals surface area contributed by atoms with Crippen molar-refractivity contribution in [3.05, 3.63) is 30.1 Å². The molecule has 1 heteroatoms. The third kappa shape index (κ3) is 13.7. The van der Waals surface area contributed by atoms with Crippen molar-refractivity contribution < 1.29 is 0 Å². The number of hydrogen-bond acceptors (Lipinski definition) is 1. The van der Waals surface area contributed by atoms with Crippen LogP contribution in [0.4, 0.5) is 0 Å². The molecule has 0 amide bonds. The SMILES string of the molecule is CC.CC.CC.CCc1cccnc1. The first-order chi connectivity index (χ1) is 6.93. The van der Waals surface area contributed by atoms with Crippen LogP contribution in [0.25, 0.3) is 0 Å². The lowest BCUT2D eigenvalue weighted by Gasteiger charge is -1.88. The van der Waals surface area contributed by atoms with Crippen LogP contribution in [0.15, 0.2) is 24.5 Å². The van der Waals surface area contributed by atoms with E-state index in [0.717, 1.165) is 6.42 Å². The number of aryl methyl sites for hydroxylation is 1. The van der Waals surface area contributed by atoms with Crippen molar-refractivity contribution in [2.45, 2.75) is 54.9 Å². The average Bonchev–Trinajstić information content (AvgIpc) is 2.37. The Kier molecular flexibility index (Phi) is 30.6. The van der Waals surface area contributed by atoms with Gasteiger partial charge in [0.05, 0.1) is 0 Å².